The third-order valence-corrected chi connectivity index (χ3v) is 6.43. The summed E-state index contributed by atoms with van der Waals surface area (Å²) in [5.41, 5.74) is 2.85. The van der Waals surface area contributed by atoms with Crippen molar-refractivity contribution in [1.29, 1.82) is 0 Å². The molecule has 0 spiro atoms. The molecule has 0 radical (unpaired) electrons. The van der Waals surface area contributed by atoms with E-state index in [1.165, 1.54) is 16.2 Å². The average Bonchev–Trinajstić information content (AvgIpc) is 3.37. The number of amides is 2. The molecule has 1 aliphatic carbocycles. The van der Waals surface area contributed by atoms with E-state index < -0.39 is 0 Å². The summed E-state index contributed by atoms with van der Waals surface area (Å²) in [6.07, 6.45) is 3.93. The molecule has 0 saturated carbocycles. The number of aromatic nitrogens is 4. The molecule has 31 heavy (non-hydrogen) atoms. The smallest absolute Gasteiger partial charge is 0.256 e. The van der Waals surface area contributed by atoms with Crippen LogP contribution in [-0.4, -0.2) is 52.3 Å². The molecule has 2 heterocycles. The molecule has 3 aromatic rings. The van der Waals surface area contributed by atoms with E-state index in [2.05, 4.69) is 26.2 Å². The maximum absolute atomic E-state index is 13.1. The third kappa shape index (κ3) is 4.49. The standard InChI is InChI=1S/C21H24N6O3S/c1-27-18(24-25-26-27)13-6-5-7-14(12-13)19(28)23-21-17(20(29)22-10-11-30-2)15-8-3-4-9-16(15)31-21/h5-7,12H,3-4,8-11H2,1-2H3,(H,22,29)(H,23,28). The summed E-state index contributed by atoms with van der Waals surface area (Å²) in [7, 11) is 3.34. The summed E-state index contributed by atoms with van der Waals surface area (Å²) < 4.78 is 6.58. The van der Waals surface area contributed by atoms with Gasteiger partial charge >= 0.3 is 0 Å². The minimum atomic E-state index is -0.276. The number of nitrogens with zero attached hydrogens (tertiary/aromatic N) is 4. The normalized spacial score (nSPS) is 13.0. The molecular formula is C21H24N6O3S. The number of methoxy groups -OCH3 is 1. The first kappa shape index (κ1) is 21.1. The SMILES string of the molecule is COCCNC(=O)c1c(NC(=O)c2cccc(-c3nnnn3C)c2)sc2c1CCCC2. The van der Waals surface area contributed by atoms with Gasteiger partial charge in [0.2, 0.25) is 0 Å². The Labute approximate surface area is 183 Å². The number of aryl methyl sites for hydroxylation is 2. The van der Waals surface area contributed by atoms with Crippen molar-refractivity contribution in [3.05, 3.63) is 45.8 Å². The minimum absolute atomic E-state index is 0.175. The van der Waals surface area contributed by atoms with E-state index in [-0.39, 0.29) is 11.8 Å². The Morgan fingerprint density at radius 3 is 2.84 bits per heavy atom. The average molecular weight is 441 g/mol. The highest BCUT2D eigenvalue weighted by atomic mass is 32.1. The third-order valence-electron chi connectivity index (χ3n) is 5.22. The van der Waals surface area contributed by atoms with Gasteiger partial charge in [0, 0.05) is 36.7 Å². The van der Waals surface area contributed by atoms with Gasteiger partial charge < -0.3 is 15.4 Å². The van der Waals surface area contributed by atoms with Crippen molar-refractivity contribution in [2.75, 3.05) is 25.6 Å². The Bertz CT molecular complexity index is 1110. The Morgan fingerprint density at radius 2 is 2.06 bits per heavy atom. The Balaban J connectivity index is 1.60. The van der Waals surface area contributed by atoms with Gasteiger partial charge in [0.15, 0.2) is 5.82 Å². The van der Waals surface area contributed by atoms with E-state index in [1.54, 1.807) is 37.0 Å². The summed E-state index contributed by atoms with van der Waals surface area (Å²) in [4.78, 5) is 27.1. The van der Waals surface area contributed by atoms with E-state index in [4.69, 9.17) is 4.74 Å². The van der Waals surface area contributed by atoms with Crippen LogP contribution in [0.3, 0.4) is 0 Å². The quantitative estimate of drug-likeness (QED) is 0.546. The second kappa shape index (κ2) is 9.36. The Hall–Kier alpha value is -3.11. The van der Waals surface area contributed by atoms with Crippen LogP contribution in [0.25, 0.3) is 11.4 Å². The molecule has 4 rings (SSSR count). The molecule has 2 amide bonds. The van der Waals surface area contributed by atoms with E-state index in [9.17, 15) is 9.59 Å². The topological polar surface area (TPSA) is 111 Å². The van der Waals surface area contributed by atoms with Gasteiger partial charge in [-0.25, -0.2) is 4.68 Å². The number of nitrogens with one attached hydrogen (secondary N) is 2. The van der Waals surface area contributed by atoms with Crippen molar-refractivity contribution in [2.45, 2.75) is 25.7 Å². The summed E-state index contributed by atoms with van der Waals surface area (Å²) in [6, 6.07) is 7.11. The highest BCUT2D eigenvalue weighted by molar-refractivity contribution is 7.17. The lowest BCUT2D eigenvalue weighted by atomic mass is 9.95. The first-order valence-electron chi connectivity index (χ1n) is 10.1. The number of benzene rings is 1. The van der Waals surface area contributed by atoms with Crippen LogP contribution < -0.4 is 10.6 Å². The predicted molar refractivity (Wildman–Crippen MR) is 117 cm³/mol. The number of fused-ring (bicyclic) bond motifs is 1. The van der Waals surface area contributed by atoms with Gasteiger partial charge in [0.05, 0.1) is 12.2 Å². The van der Waals surface area contributed by atoms with Crippen LogP contribution >= 0.6 is 11.3 Å². The first-order valence-corrected chi connectivity index (χ1v) is 11.0. The van der Waals surface area contributed by atoms with Crippen LogP contribution in [0.15, 0.2) is 24.3 Å². The molecule has 1 aromatic carbocycles. The van der Waals surface area contributed by atoms with Crippen LogP contribution in [0.2, 0.25) is 0 Å². The number of hydrogen-bond acceptors (Lipinski definition) is 7. The van der Waals surface area contributed by atoms with E-state index in [0.29, 0.717) is 35.1 Å². The summed E-state index contributed by atoms with van der Waals surface area (Å²) in [5, 5.41) is 17.9. The predicted octanol–water partition coefficient (Wildman–Crippen LogP) is 2.45. The van der Waals surface area contributed by atoms with Gasteiger partial charge in [-0.1, -0.05) is 12.1 Å². The lowest BCUT2D eigenvalue weighted by Gasteiger charge is -2.13. The lowest BCUT2D eigenvalue weighted by Crippen LogP contribution is -2.28. The zero-order valence-corrected chi connectivity index (χ0v) is 18.3. The number of carbonyl (C=O) groups is 2. The van der Waals surface area contributed by atoms with Gasteiger partial charge in [-0.05, 0) is 53.8 Å². The van der Waals surface area contributed by atoms with E-state index in [1.807, 2.05) is 6.07 Å². The molecule has 0 aliphatic heterocycles. The van der Waals surface area contributed by atoms with Crippen molar-refractivity contribution in [3.8, 4) is 11.4 Å². The van der Waals surface area contributed by atoms with Gasteiger partial charge in [-0.3, -0.25) is 9.59 Å². The fourth-order valence-electron chi connectivity index (χ4n) is 3.70. The zero-order valence-electron chi connectivity index (χ0n) is 17.5. The number of tetrazole rings is 1. The van der Waals surface area contributed by atoms with Gasteiger partial charge in [-0.2, -0.15) is 0 Å². The highest BCUT2D eigenvalue weighted by Gasteiger charge is 2.26. The Morgan fingerprint density at radius 1 is 1.23 bits per heavy atom. The molecule has 0 bridgehead atoms. The van der Waals surface area contributed by atoms with Gasteiger partial charge in [0.25, 0.3) is 11.8 Å². The second-order valence-corrected chi connectivity index (χ2v) is 8.43. The molecule has 2 aromatic heterocycles. The molecule has 162 valence electrons. The molecule has 1 aliphatic rings. The van der Waals surface area contributed by atoms with Crippen LogP contribution in [0.4, 0.5) is 5.00 Å². The number of carbonyl (C=O) groups excluding carboxylic acids is 2. The first-order chi connectivity index (χ1) is 15.1. The molecule has 0 atom stereocenters. The molecular weight excluding hydrogens is 416 g/mol. The number of hydrogen-bond donors (Lipinski definition) is 2. The maximum Gasteiger partial charge on any atom is 0.256 e. The fourth-order valence-corrected chi connectivity index (χ4v) is 4.98. The summed E-state index contributed by atoms with van der Waals surface area (Å²) in [6.45, 7) is 0.852. The maximum atomic E-state index is 13.1. The molecule has 10 heteroatoms. The van der Waals surface area contributed by atoms with E-state index in [0.717, 1.165) is 36.8 Å². The molecule has 9 nitrogen and oxygen atoms in total. The minimum Gasteiger partial charge on any atom is -0.383 e. The zero-order chi connectivity index (χ0) is 21.8. The van der Waals surface area contributed by atoms with Crippen molar-refractivity contribution < 1.29 is 14.3 Å². The van der Waals surface area contributed by atoms with Crippen molar-refractivity contribution in [3.63, 3.8) is 0 Å². The number of anilines is 1. The molecule has 0 unspecified atom stereocenters. The van der Waals surface area contributed by atoms with Crippen LogP contribution in [0.5, 0.6) is 0 Å². The van der Waals surface area contributed by atoms with Crippen LogP contribution in [0.1, 0.15) is 44.0 Å². The molecule has 0 saturated heterocycles. The fraction of sp³-hybridized carbons (Fsp3) is 0.381. The number of rotatable bonds is 7. The molecule has 2 N–H and O–H groups in total. The van der Waals surface area contributed by atoms with Crippen LogP contribution in [0, 0.1) is 0 Å². The largest absolute Gasteiger partial charge is 0.383 e. The summed E-state index contributed by atoms with van der Waals surface area (Å²) >= 11 is 1.50. The van der Waals surface area contributed by atoms with Crippen molar-refractivity contribution in [2.24, 2.45) is 7.05 Å². The number of thiophene rings is 1. The van der Waals surface area contributed by atoms with Crippen molar-refractivity contribution >= 4 is 28.2 Å². The lowest BCUT2D eigenvalue weighted by molar-refractivity contribution is 0.0937. The van der Waals surface area contributed by atoms with Crippen LogP contribution in [-0.2, 0) is 24.6 Å². The van der Waals surface area contributed by atoms with Gasteiger partial charge in [-0.15, -0.1) is 16.4 Å². The van der Waals surface area contributed by atoms with E-state index >= 15 is 0 Å². The summed E-state index contributed by atoms with van der Waals surface area (Å²) in [5.74, 6) is 0.117. The van der Waals surface area contributed by atoms with Gasteiger partial charge in [0.1, 0.15) is 5.00 Å². The number of ether oxygens (including phenoxy) is 1. The highest BCUT2D eigenvalue weighted by Crippen LogP contribution is 2.38. The Kier molecular flexibility index (Phi) is 6.38. The molecule has 0 fully saturated rings. The monoisotopic (exact) mass is 440 g/mol. The second-order valence-electron chi connectivity index (χ2n) is 7.32. The van der Waals surface area contributed by atoms with Crippen molar-refractivity contribution in [1.82, 2.24) is 25.5 Å².